The minimum absolute atomic E-state index is 0.288. The van der Waals surface area contributed by atoms with Gasteiger partial charge in [0.25, 0.3) is 0 Å². The lowest BCUT2D eigenvalue weighted by Gasteiger charge is -2.12. The van der Waals surface area contributed by atoms with Gasteiger partial charge in [0.2, 0.25) is 0 Å². The fraction of sp³-hybridized carbons (Fsp3) is 0.143. The zero-order chi connectivity index (χ0) is 13.1. The number of ether oxygens (including phenoxy) is 1. The van der Waals surface area contributed by atoms with E-state index in [9.17, 15) is 4.39 Å². The van der Waals surface area contributed by atoms with Crippen LogP contribution in [-0.4, -0.2) is 0 Å². The molecule has 0 N–H and O–H groups in total. The van der Waals surface area contributed by atoms with Gasteiger partial charge < -0.3 is 4.74 Å². The first kappa shape index (κ1) is 13.4. The molecule has 2 rings (SSSR count). The smallest absolute Gasteiger partial charge is 0.134 e. The molecule has 2 aromatic rings. The minimum atomic E-state index is -0.288. The predicted molar refractivity (Wildman–Crippen MR) is 75.3 cm³/mol. The zero-order valence-corrected chi connectivity index (χ0v) is 12.1. The van der Waals surface area contributed by atoms with Gasteiger partial charge in [0.05, 0.1) is 0 Å². The summed E-state index contributed by atoms with van der Waals surface area (Å²) in [6, 6.07) is 10.1. The molecule has 0 unspecified atom stereocenters. The number of benzene rings is 2. The first-order valence-corrected chi connectivity index (χ1v) is 6.89. The lowest BCUT2D eigenvalue weighted by Crippen LogP contribution is -1.94. The Hall–Kier alpha value is -1.06. The first-order valence-electron chi connectivity index (χ1n) is 5.39. The second-order valence-corrected chi connectivity index (χ2v) is 4.86. The van der Waals surface area contributed by atoms with E-state index in [4.69, 9.17) is 16.3 Å². The molecule has 0 heterocycles. The quantitative estimate of drug-likeness (QED) is 0.678. The highest BCUT2D eigenvalue weighted by atomic mass is 79.9. The Morgan fingerprint density at radius 3 is 2.72 bits per heavy atom. The highest BCUT2D eigenvalue weighted by Gasteiger charge is 2.10. The van der Waals surface area contributed by atoms with Gasteiger partial charge in [0, 0.05) is 15.9 Å². The molecule has 0 aliphatic carbocycles. The summed E-state index contributed by atoms with van der Waals surface area (Å²) in [4.78, 5) is 0. The van der Waals surface area contributed by atoms with E-state index in [0.717, 1.165) is 5.56 Å². The Kier molecular flexibility index (Phi) is 4.25. The molecule has 2 aromatic carbocycles. The number of halogens is 3. The maximum absolute atomic E-state index is 13.6. The molecule has 94 valence electrons. The first-order chi connectivity index (χ1) is 8.61. The van der Waals surface area contributed by atoms with Crippen molar-refractivity contribution in [3.8, 4) is 11.5 Å². The van der Waals surface area contributed by atoms with Crippen LogP contribution in [-0.2, 0) is 5.33 Å². The molecule has 4 heteroatoms. The summed E-state index contributed by atoms with van der Waals surface area (Å²) in [6.45, 7) is 1.92. The van der Waals surface area contributed by atoms with Crippen LogP contribution in [0.3, 0.4) is 0 Å². The Morgan fingerprint density at radius 2 is 2.00 bits per heavy atom. The van der Waals surface area contributed by atoms with E-state index in [-0.39, 0.29) is 5.82 Å². The van der Waals surface area contributed by atoms with Crippen molar-refractivity contribution in [2.24, 2.45) is 0 Å². The number of alkyl halides is 1. The summed E-state index contributed by atoms with van der Waals surface area (Å²) in [6.07, 6.45) is 0. The highest BCUT2D eigenvalue weighted by Crippen LogP contribution is 2.32. The molecule has 0 aliphatic rings. The summed E-state index contributed by atoms with van der Waals surface area (Å²) < 4.78 is 19.3. The Labute approximate surface area is 119 Å². The van der Waals surface area contributed by atoms with Crippen molar-refractivity contribution < 1.29 is 9.13 Å². The van der Waals surface area contributed by atoms with Crippen LogP contribution < -0.4 is 4.74 Å². The fourth-order valence-corrected chi connectivity index (χ4v) is 2.27. The molecule has 0 saturated carbocycles. The molecule has 0 aromatic heterocycles. The second-order valence-electron chi connectivity index (χ2n) is 3.86. The average Bonchev–Trinajstić information content (AvgIpc) is 2.34. The van der Waals surface area contributed by atoms with Gasteiger partial charge in [0.15, 0.2) is 0 Å². The molecule has 0 saturated heterocycles. The van der Waals surface area contributed by atoms with Crippen LogP contribution in [0.5, 0.6) is 11.5 Å². The van der Waals surface area contributed by atoms with Crippen LogP contribution in [0, 0.1) is 12.7 Å². The largest absolute Gasteiger partial charge is 0.457 e. The Bertz CT molecular complexity index is 572. The molecule has 0 aliphatic heterocycles. The molecular weight excluding hydrogens is 319 g/mol. The number of hydrogen-bond donors (Lipinski definition) is 0. The summed E-state index contributed by atoms with van der Waals surface area (Å²) in [5.74, 6) is 0.844. The third kappa shape index (κ3) is 2.85. The third-order valence-electron chi connectivity index (χ3n) is 2.58. The van der Waals surface area contributed by atoms with Crippen LogP contribution in [0.25, 0.3) is 0 Å². The normalized spacial score (nSPS) is 10.4. The van der Waals surface area contributed by atoms with E-state index in [0.29, 0.717) is 27.4 Å². The Morgan fingerprint density at radius 1 is 1.22 bits per heavy atom. The molecule has 0 radical (unpaired) electrons. The zero-order valence-electron chi connectivity index (χ0n) is 9.71. The molecule has 0 bridgehead atoms. The van der Waals surface area contributed by atoms with E-state index >= 15 is 0 Å². The van der Waals surface area contributed by atoms with Crippen molar-refractivity contribution in [3.05, 3.63) is 58.4 Å². The fourth-order valence-electron chi connectivity index (χ4n) is 1.57. The lowest BCUT2D eigenvalue weighted by atomic mass is 10.2. The minimum Gasteiger partial charge on any atom is -0.457 e. The monoisotopic (exact) mass is 328 g/mol. The van der Waals surface area contributed by atoms with E-state index in [1.54, 1.807) is 24.3 Å². The van der Waals surface area contributed by atoms with Crippen LogP contribution >= 0.6 is 27.5 Å². The van der Waals surface area contributed by atoms with Gasteiger partial charge in [-0.15, -0.1) is 0 Å². The van der Waals surface area contributed by atoms with Gasteiger partial charge in [-0.2, -0.15) is 0 Å². The van der Waals surface area contributed by atoms with E-state index in [2.05, 4.69) is 15.9 Å². The molecule has 0 fully saturated rings. The lowest BCUT2D eigenvalue weighted by molar-refractivity contribution is 0.467. The van der Waals surface area contributed by atoms with E-state index < -0.39 is 0 Å². The number of hydrogen-bond acceptors (Lipinski definition) is 1. The van der Waals surface area contributed by atoms with Crippen molar-refractivity contribution in [2.45, 2.75) is 12.3 Å². The summed E-state index contributed by atoms with van der Waals surface area (Å²) >= 11 is 9.18. The van der Waals surface area contributed by atoms with Crippen molar-refractivity contribution in [2.75, 3.05) is 0 Å². The average molecular weight is 330 g/mol. The van der Waals surface area contributed by atoms with Gasteiger partial charge >= 0.3 is 0 Å². The van der Waals surface area contributed by atoms with Gasteiger partial charge in [-0.3, -0.25) is 0 Å². The van der Waals surface area contributed by atoms with Crippen LogP contribution in [0.15, 0.2) is 36.4 Å². The molecule has 1 nitrogen and oxygen atoms in total. The second kappa shape index (κ2) is 5.72. The number of aryl methyl sites for hydroxylation is 1. The summed E-state index contributed by atoms with van der Waals surface area (Å²) in [7, 11) is 0. The standard InChI is InChI=1S/C14H11BrClFO/c1-9-5-6-10(16)7-14(9)18-13-4-2-3-12(17)11(13)8-15/h2-7H,8H2,1H3. The van der Waals surface area contributed by atoms with Gasteiger partial charge in [-0.1, -0.05) is 39.7 Å². The third-order valence-corrected chi connectivity index (χ3v) is 3.38. The van der Waals surface area contributed by atoms with Gasteiger partial charge in [0.1, 0.15) is 17.3 Å². The highest BCUT2D eigenvalue weighted by molar-refractivity contribution is 9.08. The van der Waals surface area contributed by atoms with Crippen LogP contribution in [0.4, 0.5) is 4.39 Å². The molecule has 18 heavy (non-hydrogen) atoms. The van der Waals surface area contributed by atoms with Crippen molar-refractivity contribution >= 4 is 27.5 Å². The molecule has 0 atom stereocenters. The van der Waals surface area contributed by atoms with Crippen molar-refractivity contribution in [1.82, 2.24) is 0 Å². The number of rotatable bonds is 3. The molecule has 0 spiro atoms. The van der Waals surface area contributed by atoms with Crippen molar-refractivity contribution in [1.29, 1.82) is 0 Å². The maximum atomic E-state index is 13.6. The SMILES string of the molecule is Cc1ccc(Cl)cc1Oc1cccc(F)c1CBr. The summed E-state index contributed by atoms with van der Waals surface area (Å²) in [5.41, 5.74) is 1.45. The van der Waals surface area contributed by atoms with Gasteiger partial charge in [-0.25, -0.2) is 4.39 Å². The van der Waals surface area contributed by atoms with Crippen molar-refractivity contribution in [3.63, 3.8) is 0 Å². The van der Waals surface area contributed by atoms with Crippen LogP contribution in [0.1, 0.15) is 11.1 Å². The van der Waals surface area contributed by atoms with Crippen LogP contribution in [0.2, 0.25) is 5.02 Å². The molecular formula is C14H11BrClFO. The topological polar surface area (TPSA) is 9.23 Å². The predicted octanol–water partition coefficient (Wildman–Crippen LogP) is 5.47. The summed E-state index contributed by atoms with van der Waals surface area (Å²) in [5, 5.41) is 0.988. The molecule has 0 amide bonds. The van der Waals surface area contributed by atoms with Gasteiger partial charge in [-0.05, 0) is 36.8 Å². The maximum Gasteiger partial charge on any atom is 0.134 e. The Balaban J connectivity index is 2.40. The van der Waals surface area contributed by atoms with E-state index in [1.165, 1.54) is 6.07 Å². The van der Waals surface area contributed by atoms with E-state index in [1.807, 2.05) is 13.0 Å².